The van der Waals surface area contributed by atoms with Crippen LogP contribution in [0.1, 0.15) is 62.4 Å². The molecule has 1 fully saturated rings. The molecule has 1 atom stereocenters. The third-order valence-electron chi connectivity index (χ3n) is 7.16. The summed E-state index contributed by atoms with van der Waals surface area (Å²) in [6.07, 6.45) is 6.69. The number of hydrogen-bond acceptors (Lipinski definition) is 6. The van der Waals surface area contributed by atoms with E-state index in [2.05, 4.69) is 9.97 Å². The predicted molar refractivity (Wildman–Crippen MR) is 141 cm³/mol. The molecule has 0 amide bonds. The summed E-state index contributed by atoms with van der Waals surface area (Å²) in [7, 11) is -4.43. The molecule has 0 spiro atoms. The Bertz CT molecular complexity index is 1610. The van der Waals surface area contributed by atoms with Crippen molar-refractivity contribution in [2.45, 2.75) is 60.8 Å². The molecule has 2 aromatic heterocycles. The first-order valence-corrected chi connectivity index (χ1v) is 14.2. The van der Waals surface area contributed by atoms with Gasteiger partial charge in [0.25, 0.3) is 5.56 Å². The third-order valence-corrected chi connectivity index (χ3v) is 8.95. The largest absolute Gasteiger partial charge is 0.492 e. The van der Waals surface area contributed by atoms with Gasteiger partial charge in [-0.15, -0.1) is 0 Å². The zero-order valence-electron chi connectivity index (χ0n) is 20.9. The van der Waals surface area contributed by atoms with Crippen LogP contribution in [0.5, 0.6) is 5.88 Å². The number of halogens is 1. The van der Waals surface area contributed by atoms with Crippen LogP contribution >= 0.6 is 0 Å². The molecule has 5 rings (SSSR count). The Morgan fingerprint density at radius 3 is 2.34 bits per heavy atom. The first-order valence-electron chi connectivity index (χ1n) is 12.7. The molecule has 1 N–H and O–H groups in total. The molecule has 1 aliphatic rings. The number of hydrogen-bond donors (Lipinski definition) is 1. The van der Waals surface area contributed by atoms with Crippen LogP contribution in [-0.2, 0) is 9.84 Å². The third kappa shape index (κ3) is 4.74. The maximum Gasteiger partial charge on any atom is 0.277 e. The van der Waals surface area contributed by atoms with Crippen molar-refractivity contribution < 1.29 is 17.9 Å². The van der Waals surface area contributed by atoms with Gasteiger partial charge in [-0.25, -0.2) is 12.8 Å². The molecular formula is C29H28FN3O4S. The lowest BCUT2D eigenvalue weighted by atomic mass is 10.0. The molecule has 0 aliphatic heterocycles. The molecule has 0 radical (unpaired) electrons. The number of aromatic nitrogens is 3. The maximum absolute atomic E-state index is 14.0. The molecule has 9 heteroatoms. The van der Waals surface area contributed by atoms with E-state index in [4.69, 9.17) is 0 Å². The van der Waals surface area contributed by atoms with Gasteiger partial charge in [-0.05, 0) is 48.6 Å². The maximum atomic E-state index is 14.0. The molecule has 4 aromatic rings. The zero-order chi connectivity index (χ0) is 26.9. The number of nitrogens with zero attached hydrogens (tertiary/aromatic N) is 3. The zero-order valence-corrected chi connectivity index (χ0v) is 21.7. The quantitative estimate of drug-likeness (QED) is 0.330. The van der Waals surface area contributed by atoms with Crippen LogP contribution in [0.4, 0.5) is 4.39 Å². The number of sulfone groups is 1. The van der Waals surface area contributed by atoms with E-state index in [1.807, 2.05) is 37.3 Å². The van der Waals surface area contributed by atoms with Crippen molar-refractivity contribution in [3.63, 3.8) is 0 Å². The van der Waals surface area contributed by atoms with Gasteiger partial charge in [0.05, 0.1) is 17.1 Å². The summed E-state index contributed by atoms with van der Waals surface area (Å²) in [6, 6.07) is 16.0. The normalized spacial score (nSPS) is 15.0. The average Bonchev–Trinajstić information content (AvgIpc) is 3.46. The average molecular weight is 534 g/mol. The second-order valence-electron chi connectivity index (χ2n) is 9.53. The van der Waals surface area contributed by atoms with Gasteiger partial charge >= 0.3 is 0 Å². The lowest BCUT2D eigenvalue weighted by molar-refractivity contribution is 0.399. The lowest BCUT2D eigenvalue weighted by Gasteiger charge is -2.25. The highest BCUT2D eigenvalue weighted by Gasteiger charge is 2.34. The van der Waals surface area contributed by atoms with Crippen molar-refractivity contribution in [3.05, 3.63) is 101 Å². The van der Waals surface area contributed by atoms with E-state index in [9.17, 15) is 22.7 Å². The van der Waals surface area contributed by atoms with E-state index in [1.54, 1.807) is 0 Å². The van der Waals surface area contributed by atoms with E-state index in [0.29, 0.717) is 23.4 Å². The molecule has 0 unspecified atom stereocenters. The van der Waals surface area contributed by atoms with E-state index >= 15 is 0 Å². The van der Waals surface area contributed by atoms with Crippen molar-refractivity contribution in [2.24, 2.45) is 0 Å². The van der Waals surface area contributed by atoms with E-state index in [0.717, 1.165) is 37.4 Å². The van der Waals surface area contributed by atoms with Gasteiger partial charge in [0.15, 0.2) is 4.90 Å². The van der Waals surface area contributed by atoms with Crippen LogP contribution in [-0.4, -0.2) is 28.1 Å². The highest BCUT2D eigenvalue weighted by molar-refractivity contribution is 7.91. The molecule has 1 aliphatic carbocycles. The van der Waals surface area contributed by atoms with Crippen LogP contribution in [0.3, 0.4) is 0 Å². The summed E-state index contributed by atoms with van der Waals surface area (Å²) in [6.45, 7) is 1.93. The standard InChI is InChI=1S/C29H28FN3O4S/c1-2-25(20-8-4-3-5-9-20)33-27(21-10-6-7-11-21)32-28(34)26(29(33)35)38(36,37)24-14-12-19(13-15-24)22-16-23(30)18-31-17-22/h3-5,8-9,12-18,21,25,34H,2,6-7,10-11H2,1H3/t25-/m0/s1. The van der Waals surface area contributed by atoms with Crippen LogP contribution in [0.2, 0.25) is 0 Å². The Balaban J connectivity index is 1.65. The number of benzene rings is 2. The lowest BCUT2D eigenvalue weighted by Crippen LogP contribution is -2.34. The second kappa shape index (κ2) is 10.5. The summed E-state index contributed by atoms with van der Waals surface area (Å²) in [5, 5.41) is 10.9. The van der Waals surface area contributed by atoms with E-state index in [1.165, 1.54) is 41.1 Å². The highest BCUT2D eigenvalue weighted by atomic mass is 32.2. The Morgan fingerprint density at radius 1 is 1.03 bits per heavy atom. The molecular weight excluding hydrogens is 505 g/mol. The van der Waals surface area contributed by atoms with Crippen molar-refractivity contribution in [3.8, 4) is 17.0 Å². The molecule has 2 heterocycles. The number of aromatic hydroxyl groups is 1. The molecule has 0 bridgehead atoms. The van der Waals surface area contributed by atoms with E-state index in [-0.39, 0.29) is 10.8 Å². The fourth-order valence-corrected chi connectivity index (χ4v) is 6.63. The minimum absolute atomic E-state index is 0.0396. The van der Waals surface area contributed by atoms with Gasteiger partial charge in [0, 0.05) is 17.7 Å². The van der Waals surface area contributed by atoms with Gasteiger partial charge in [0.1, 0.15) is 11.6 Å². The fraction of sp³-hybridized carbons (Fsp3) is 0.276. The van der Waals surface area contributed by atoms with Crippen molar-refractivity contribution in [1.29, 1.82) is 0 Å². The van der Waals surface area contributed by atoms with Crippen molar-refractivity contribution >= 4 is 9.84 Å². The molecule has 38 heavy (non-hydrogen) atoms. The van der Waals surface area contributed by atoms with Gasteiger partial charge in [-0.2, -0.15) is 4.98 Å². The Kier molecular flexibility index (Phi) is 7.12. The molecule has 196 valence electrons. The van der Waals surface area contributed by atoms with Crippen LogP contribution in [0.15, 0.2) is 87.6 Å². The first-order chi connectivity index (χ1) is 18.3. The summed E-state index contributed by atoms with van der Waals surface area (Å²) >= 11 is 0. The van der Waals surface area contributed by atoms with Crippen molar-refractivity contribution in [2.75, 3.05) is 0 Å². The highest BCUT2D eigenvalue weighted by Crippen LogP contribution is 2.37. The van der Waals surface area contributed by atoms with Gasteiger partial charge in [0.2, 0.25) is 15.7 Å². The molecule has 7 nitrogen and oxygen atoms in total. The minimum atomic E-state index is -4.43. The van der Waals surface area contributed by atoms with Gasteiger partial charge in [-0.1, -0.05) is 62.2 Å². The second-order valence-corrected chi connectivity index (χ2v) is 11.4. The van der Waals surface area contributed by atoms with Crippen LogP contribution in [0, 0.1) is 5.82 Å². The fourth-order valence-electron chi connectivity index (χ4n) is 5.29. The van der Waals surface area contributed by atoms with E-state index < -0.39 is 38.0 Å². The first kappa shape index (κ1) is 25.8. The SMILES string of the molecule is CC[C@@H](c1ccccc1)n1c(C2CCCC2)nc(O)c(S(=O)(=O)c2ccc(-c3cncc(F)c3)cc2)c1=O. The van der Waals surface area contributed by atoms with Crippen molar-refractivity contribution in [1.82, 2.24) is 14.5 Å². The van der Waals surface area contributed by atoms with Crippen LogP contribution in [0.25, 0.3) is 11.1 Å². The number of rotatable bonds is 7. The molecule has 0 saturated heterocycles. The van der Waals surface area contributed by atoms with Gasteiger partial charge < -0.3 is 5.11 Å². The van der Waals surface area contributed by atoms with Gasteiger partial charge in [-0.3, -0.25) is 14.3 Å². The van der Waals surface area contributed by atoms with Crippen LogP contribution < -0.4 is 5.56 Å². The Morgan fingerprint density at radius 2 is 1.71 bits per heavy atom. The molecule has 1 saturated carbocycles. The summed E-state index contributed by atoms with van der Waals surface area (Å²) in [4.78, 5) is 21.3. The Hall–Kier alpha value is -3.85. The smallest absolute Gasteiger partial charge is 0.277 e. The summed E-state index contributed by atoms with van der Waals surface area (Å²) in [5.74, 6) is -0.910. The monoisotopic (exact) mass is 533 g/mol. The summed E-state index contributed by atoms with van der Waals surface area (Å²) in [5.41, 5.74) is 1.12. The summed E-state index contributed by atoms with van der Waals surface area (Å²) < 4.78 is 42.5. The Labute approximate surface area is 220 Å². The predicted octanol–water partition coefficient (Wildman–Crippen LogP) is 5.64. The minimum Gasteiger partial charge on any atom is -0.492 e. The molecule has 2 aromatic carbocycles. The topological polar surface area (TPSA) is 102 Å². The number of pyridine rings is 1.